The van der Waals surface area contributed by atoms with E-state index in [0.29, 0.717) is 5.56 Å². The molecule has 0 aliphatic rings. The van der Waals surface area contributed by atoms with Crippen LogP contribution in [0.3, 0.4) is 0 Å². The van der Waals surface area contributed by atoms with Gasteiger partial charge in [0.05, 0.1) is 6.04 Å². The van der Waals surface area contributed by atoms with Crippen molar-refractivity contribution in [3.63, 3.8) is 0 Å². The summed E-state index contributed by atoms with van der Waals surface area (Å²) in [6.07, 6.45) is 1.41. The van der Waals surface area contributed by atoms with E-state index < -0.39 is 22.1 Å². The molecule has 2 rings (SSSR count). The largest absolute Gasteiger partial charge is 0.368 e. The average molecular weight is 321 g/mol. The third kappa shape index (κ3) is 3.80. The number of primary amides is 1. The number of carbonyl (C=O) groups is 1. The number of hydrogen-bond donors (Lipinski definition) is 2. The Kier molecular flexibility index (Phi) is 4.74. The molecule has 0 bridgehead atoms. The Morgan fingerprint density at radius 1 is 1.18 bits per heavy atom. The number of benzene rings is 1. The van der Waals surface area contributed by atoms with Crippen LogP contribution in [0, 0.1) is 0 Å². The Hall–Kier alpha value is -2.45. The van der Waals surface area contributed by atoms with Crippen LogP contribution in [0.2, 0.25) is 0 Å². The third-order valence-corrected chi connectivity index (χ3v) is 4.10. The van der Waals surface area contributed by atoms with Crippen molar-refractivity contribution in [3.8, 4) is 5.88 Å². The summed E-state index contributed by atoms with van der Waals surface area (Å²) in [5.41, 5.74) is 11.1. The molecule has 0 radical (unpaired) electrons. The van der Waals surface area contributed by atoms with Crippen molar-refractivity contribution in [2.75, 3.05) is 0 Å². The van der Waals surface area contributed by atoms with Crippen LogP contribution < -0.4 is 15.7 Å². The van der Waals surface area contributed by atoms with Gasteiger partial charge in [-0.2, -0.15) is 8.42 Å². The number of pyridine rings is 1. The van der Waals surface area contributed by atoms with Gasteiger partial charge in [0.25, 0.3) is 0 Å². The van der Waals surface area contributed by atoms with Crippen LogP contribution in [0.5, 0.6) is 5.88 Å². The number of hydrogen-bond acceptors (Lipinski definition) is 6. The monoisotopic (exact) mass is 321 g/mol. The highest BCUT2D eigenvalue weighted by atomic mass is 32.2. The Balaban J connectivity index is 2.29. The van der Waals surface area contributed by atoms with Gasteiger partial charge in [0, 0.05) is 18.2 Å². The van der Waals surface area contributed by atoms with Gasteiger partial charge < -0.3 is 15.7 Å². The van der Waals surface area contributed by atoms with Gasteiger partial charge in [-0.05, 0) is 18.2 Å². The van der Waals surface area contributed by atoms with Crippen molar-refractivity contribution in [2.45, 2.75) is 17.4 Å². The highest BCUT2D eigenvalue weighted by Gasteiger charge is 2.21. The second kappa shape index (κ2) is 6.54. The first-order chi connectivity index (χ1) is 10.4. The normalized spacial score (nSPS) is 12.6. The molecule has 7 nitrogen and oxygen atoms in total. The highest BCUT2D eigenvalue weighted by molar-refractivity contribution is 7.87. The van der Waals surface area contributed by atoms with E-state index in [2.05, 4.69) is 4.98 Å². The Bertz CT molecular complexity index is 763. The summed E-state index contributed by atoms with van der Waals surface area (Å²) in [6.45, 7) is 0. The summed E-state index contributed by atoms with van der Waals surface area (Å²) in [5.74, 6) is -0.816. The molecular formula is C14H15N3O4S. The van der Waals surface area contributed by atoms with Gasteiger partial charge in [0.1, 0.15) is 4.90 Å². The molecule has 0 saturated heterocycles. The zero-order valence-corrected chi connectivity index (χ0v) is 12.4. The van der Waals surface area contributed by atoms with Gasteiger partial charge in [0.2, 0.25) is 11.8 Å². The number of nitrogens with zero attached hydrogens (tertiary/aromatic N) is 1. The summed E-state index contributed by atoms with van der Waals surface area (Å²) >= 11 is 0. The lowest BCUT2D eigenvalue weighted by atomic mass is 10.1. The molecule has 1 unspecified atom stereocenters. The molecule has 0 spiro atoms. The van der Waals surface area contributed by atoms with Gasteiger partial charge in [-0.1, -0.05) is 24.3 Å². The molecule has 1 amide bonds. The number of aromatic nitrogens is 1. The molecule has 0 saturated carbocycles. The molecule has 0 aliphatic carbocycles. The molecule has 1 aromatic heterocycles. The van der Waals surface area contributed by atoms with E-state index in [1.165, 1.54) is 18.3 Å². The van der Waals surface area contributed by atoms with Crippen molar-refractivity contribution in [1.29, 1.82) is 0 Å². The Morgan fingerprint density at radius 2 is 1.86 bits per heavy atom. The molecular weight excluding hydrogens is 306 g/mol. The molecule has 1 aromatic carbocycles. The van der Waals surface area contributed by atoms with Crippen molar-refractivity contribution in [3.05, 3.63) is 54.2 Å². The molecule has 8 heteroatoms. The second-order valence-electron chi connectivity index (χ2n) is 4.53. The van der Waals surface area contributed by atoms with Crippen LogP contribution in [-0.2, 0) is 21.3 Å². The van der Waals surface area contributed by atoms with Crippen LogP contribution in [0.25, 0.3) is 0 Å². The quantitative estimate of drug-likeness (QED) is 0.732. The van der Waals surface area contributed by atoms with E-state index >= 15 is 0 Å². The minimum atomic E-state index is -4.01. The van der Waals surface area contributed by atoms with Crippen molar-refractivity contribution in [1.82, 2.24) is 4.98 Å². The topological polar surface area (TPSA) is 125 Å². The SMILES string of the molecule is NC(=O)C(N)Cc1cccnc1OS(=O)(=O)c1ccccc1. The molecule has 4 N–H and O–H groups in total. The first-order valence-corrected chi connectivity index (χ1v) is 7.79. The van der Waals surface area contributed by atoms with Crippen LogP contribution in [0.4, 0.5) is 0 Å². The van der Waals surface area contributed by atoms with Crippen LogP contribution in [0.15, 0.2) is 53.6 Å². The molecule has 116 valence electrons. The maximum absolute atomic E-state index is 12.2. The fraction of sp³-hybridized carbons (Fsp3) is 0.143. The smallest absolute Gasteiger partial charge is 0.340 e. The summed E-state index contributed by atoms with van der Waals surface area (Å²) in [5, 5.41) is 0. The maximum Gasteiger partial charge on any atom is 0.340 e. The number of amides is 1. The van der Waals surface area contributed by atoms with Crippen LogP contribution in [-0.4, -0.2) is 25.4 Å². The Morgan fingerprint density at radius 3 is 2.50 bits per heavy atom. The lowest BCUT2D eigenvalue weighted by Crippen LogP contribution is -2.38. The van der Waals surface area contributed by atoms with Gasteiger partial charge in [-0.15, -0.1) is 0 Å². The van der Waals surface area contributed by atoms with Gasteiger partial charge in [-0.3, -0.25) is 4.79 Å². The molecule has 1 atom stereocenters. The van der Waals surface area contributed by atoms with Crippen molar-refractivity contribution < 1.29 is 17.4 Å². The van der Waals surface area contributed by atoms with E-state index in [1.807, 2.05) is 0 Å². The zero-order valence-electron chi connectivity index (χ0n) is 11.5. The first-order valence-electron chi connectivity index (χ1n) is 6.38. The average Bonchev–Trinajstić information content (AvgIpc) is 2.49. The lowest BCUT2D eigenvalue weighted by Gasteiger charge is -2.12. The second-order valence-corrected chi connectivity index (χ2v) is 6.08. The van der Waals surface area contributed by atoms with Gasteiger partial charge in [0.15, 0.2) is 0 Å². The number of carbonyl (C=O) groups excluding carboxylic acids is 1. The fourth-order valence-corrected chi connectivity index (χ4v) is 2.68. The third-order valence-electron chi connectivity index (χ3n) is 2.88. The molecule has 0 aliphatic heterocycles. The summed E-state index contributed by atoms with van der Waals surface area (Å²) < 4.78 is 29.4. The zero-order chi connectivity index (χ0) is 16.2. The van der Waals surface area contributed by atoms with Crippen molar-refractivity contribution >= 4 is 16.0 Å². The predicted molar refractivity (Wildman–Crippen MR) is 79.4 cm³/mol. The van der Waals surface area contributed by atoms with Gasteiger partial charge in [-0.25, -0.2) is 4.98 Å². The van der Waals surface area contributed by atoms with Crippen LogP contribution in [0.1, 0.15) is 5.56 Å². The van der Waals surface area contributed by atoms with E-state index in [-0.39, 0.29) is 17.2 Å². The standard InChI is InChI=1S/C14H15N3O4S/c15-12(13(16)18)9-10-5-4-8-17-14(10)21-22(19,20)11-6-2-1-3-7-11/h1-8,12H,9,15H2,(H2,16,18). The summed E-state index contributed by atoms with van der Waals surface area (Å²) in [6, 6.07) is 9.89. The van der Waals surface area contributed by atoms with E-state index in [0.717, 1.165) is 0 Å². The molecule has 1 heterocycles. The number of nitrogens with two attached hydrogens (primary N) is 2. The lowest BCUT2D eigenvalue weighted by molar-refractivity contribution is -0.119. The molecule has 0 fully saturated rings. The predicted octanol–water partition coefficient (Wildman–Crippen LogP) is 0.204. The van der Waals surface area contributed by atoms with E-state index in [1.54, 1.807) is 30.3 Å². The Labute approximate surface area is 128 Å². The number of rotatable bonds is 6. The minimum absolute atomic E-state index is 0.00537. The maximum atomic E-state index is 12.2. The van der Waals surface area contributed by atoms with Crippen molar-refractivity contribution in [2.24, 2.45) is 11.5 Å². The fourth-order valence-electron chi connectivity index (χ4n) is 1.73. The molecule has 22 heavy (non-hydrogen) atoms. The molecule has 2 aromatic rings. The van der Waals surface area contributed by atoms with E-state index in [4.69, 9.17) is 15.7 Å². The highest BCUT2D eigenvalue weighted by Crippen LogP contribution is 2.21. The van der Waals surface area contributed by atoms with Crippen LogP contribution >= 0.6 is 0 Å². The first kappa shape index (κ1) is 15.9. The summed E-state index contributed by atoms with van der Waals surface area (Å²) in [7, 11) is -4.01. The van der Waals surface area contributed by atoms with Gasteiger partial charge >= 0.3 is 10.1 Å². The van der Waals surface area contributed by atoms with E-state index in [9.17, 15) is 13.2 Å². The summed E-state index contributed by atoms with van der Waals surface area (Å²) in [4.78, 5) is 14.9. The minimum Gasteiger partial charge on any atom is -0.368 e.